The second kappa shape index (κ2) is 9.40. The number of rotatable bonds is 8. The van der Waals surface area contributed by atoms with Gasteiger partial charge in [0, 0.05) is 5.92 Å². The molecule has 1 unspecified atom stereocenters. The predicted octanol–water partition coefficient (Wildman–Crippen LogP) is 2.50. The van der Waals surface area contributed by atoms with Crippen LogP contribution in [-0.2, 0) is 14.3 Å². The summed E-state index contributed by atoms with van der Waals surface area (Å²) in [7, 11) is 0. The standard InChI is InChI=1S/C24H28N2O6/c1-14(2)20(21(28)26-24(3,13-27)22(29)30)25-23(31)32-12-19-17-10-6-4-8-15(17)16-9-5-7-11-18(16)19/h4-11,14,19-20,27H,12-13H2,1-3H3,(H,25,31)(H,26,28)(H,29,30)/t20-,24?/m1/s1. The lowest BCUT2D eigenvalue weighted by molar-refractivity contribution is -0.149. The molecule has 0 saturated heterocycles. The van der Waals surface area contributed by atoms with Gasteiger partial charge in [0.25, 0.3) is 0 Å². The molecule has 1 aliphatic carbocycles. The van der Waals surface area contributed by atoms with E-state index >= 15 is 0 Å². The molecule has 1 aliphatic rings. The summed E-state index contributed by atoms with van der Waals surface area (Å²) in [6.07, 6.45) is -0.776. The molecule has 170 valence electrons. The Bertz CT molecular complexity index is 976. The van der Waals surface area contributed by atoms with Crippen molar-refractivity contribution in [3.05, 3.63) is 59.7 Å². The minimum Gasteiger partial charge on any atom is -0.479 e. The molecule has 0 radical (unpaired) electrons. The number of benzene rings is 2. The van der Waals surface area contributed by atoms with Gasteiger partial charge in [0.1, 0.15) is 12.6 Å². The number of amides is 2. The Morgan fingerprint density at radius 1 is 1.03 bits per heavy atom. The van der Waals surface area contributed by atoms with Gasteiger partial charge >= 0.3 is 12.1 Å². The van der Waals surface area contributed by atoms with Crippen molar-refractivity contribution in [2.45, 2.75) is 38.3 Å². The summed E-state index contributed by atoms with van der Waals surface area (Å²) in [5, 5.41) is 23.4. The first-order valence-corrected chi connectivity index (χ1v) is 10.5. The SMILES string of the molecule is CC(C)[C@@H](NC(=O)OCC1c2ccccc2-c2ccccc21)C(=O)NC(C)(CO)C(=O)O. The molecule has 32 heavy (non-hydrogen) atoms. The van der Waals surface area contributed by atoms with Gasteiger partial charge in [-0.3, -0.25) is 4.79 Å². The van der Waals surface area contributed by atoms with Gasteiger partial charge in [-0.05, 0) is 35.1 Å². The van der Waals surface area contributed by atoms with Crippen LogP contribution < -0.4 is 10.6 Å². The second-order valence-electron chi connectivity index (χ2n) is 8.48. The van der Waals surface area contributed by atoms with Crippen molar-refractivity contribution in [1.82, 2.24) is 10.6 Å². The number of nitrogens with one attached hydrogen (secondary N) is 2. The Labute approximate surface area is 186 Å². The highest BCUT2D eigenvalue weighted by molar-refractivity contribution is 5.91. The lowest BCUT2D eigenvalue weighted by atomic mass is 9.98. The van der Waals surface area contributed by atoms with Crippen LogP contribution in [-0.4, -0.2) is 53.0 Å². The smallest absolute Gasteiger partial charge is 0.407 e. The fourth-order valence-electron chi connectivity index (χ4n) is 3.81. The van der Waals surface area contributed by atoms with Crippen molar-refractivity contribution in [3.63, 3.8) is 0 Å². The summed E-state index contributed by atoms with van der Waals surface area (Å²) < 4.78 is 5.48. The molecule has 0 fully saturated rings. The van der Waals surface area contributed by atoms with Gasteiger partial charge in [0.15, 0.2) is 5.54 Å². The predicted molar refractivity (Wildman–Crippen MR) is 118 cm³/mol. The van der Waals surface area contributed by atoms with Crippen LogP contribution in [0, 0.1) is 5.92 Å². The maximum atomic E-state index is 12.6. The molecule has 8 heteroatoms. The molecule has 0 saturated carbocycles. The van der Waals surface area contributed by atoms with E-state index in [2.05, 4.69) is 10.6 Å². The summed E-state index contributed by atoms with van der Waals surface area (Å²) in [6, 6.07) is 14.9. The molecule has 8 nitrogen and oxygen atoms in total. The van der Waals surface area contributed by atoms with E-state index < -0.39 is 36.2 Å². The van der Waals surface area contributed by atoms with Gasteiger partial charge < -0.3 is 25.6 Å². The second-order valence-corrected chi connectivity index (χ2v) is 8.48. The maximum absolute atomic E-state index is 12.6. The van der Waals surface area contributed by atoms with E-state index in [-0.39, 0.29) is 18.4 Å². The van der Waals surface area contributed by atoms with Crippen LogP contribution in [0.3, 0.4) is 0 Å². The number of alkyl carbamates (subject to hydrolysis) is 1. The third kappa shape index (κ3) is 4.60. The fraction of sp³-hybridized carbons (Fsp3) is 0.375. The highest BCUT2D eigenvalue weighted by atomic mass is 16.5. The van der Waals surface area contributed by atoms with Gasteiger partial charge in [-0.25, -0.2) is 9.59 Å². The number of carbonyl (C=O) groups is 3. The third-order valence-electron chi connectivity index (χ3n) is 5.75. The summed E-state index contributed by atoms with van der Waals surface area (Å²) in [5.41, 5.74) is 2.49. The van der Waals surface area contributed by atoms with Crippen molar-refractivity contribution >= 4 is 18.0 Å². The molecule has 0 bridgehead atoms. The first kappa shape index (κ1) is 23.3. The van der Waals surface area contributed by atoms with E-state index in [1.165, 1.54) is 6.92 Å². The lowest BCUT2D eigenvalue weighted by Gasteiger charge is -2.28. The molecular weight excluding hydrogens is 412 g/mol. The molecule has 2 atom stereocenters. The Hall–Kier alpha value is -3.39. The minimum atomic E-state index is -1.85. The number of ether oxygens (including phenoxy) is 1. The molecule has 0 aromatic heterocycles. The van der Waals surface area contributed by atoms with Crippen molar-refractivity contribution in [3.8, 4) is 11.1 Å². The zero-order chi connectivity index (χ0) is 23.5. The van der Waals surface area contributed by atoms with Crippen LogP contribution in [0.5, 0.6) is 0 Å². The van der Waals surface area contributed by atoms with Crippen molar-refractivity contribution < 1.29 is 29.3 Å². The van der Waals surface area contributed by atoms with Crippen LogP contribution in [0.1, 0.15) is 37.8 Å². The van der Waals surface area contributed by atoms with E-state index in [1.54, 1.807) is 13.8 Å². The van der Waals surface area contributed by atoms with Crippen molar-refractivity contribution in [2.75, 3.05) is 13.2 Å². The number of aliphatic hydroxyl groups excluding tert-OH is 1. The molecule has 2 amide bonds. The lowest BCUT2D eigenvalue weighted by Crippen LogP contribution is -2.60. The van der Waals surface area contributed by atoms with Crippen LogP contribution >= 0.6 is 0 Å². The van der Waals surface area contributed by atoms with E-state index in [0.717, 1.165) is 22.3 Å². The summed E-state index contributed by atoms with van der Waals surface area (Å²) in [5.74, 6) is -2.55. The van der Waals surface area contributed by atoms with Crippen molar-refractivity contribution in [2.24, 2.45) is 5.92 Å². The third-order valence-corrected chi connectivity index (χ3v) is 5.75. The number of carboxylic acids is 1. The Morgan fingerprint density at radius 3 is 2.03 bits per heavy atom. The maximum Gasteiger partial charge on any atom is 0.407 e. The molecule has 0 heterocycles. The average molecular weight is 440 g/mol. The minimum absolute atomic E-state index is 0.0930. The number of fused-ring (bicyclic) bond motifs is 3. The van der Waals surface area contributed by atoms with Crippen molar-refractivity contribution in [1.29, 1.82) is 0 Å². The normalized spacial score (nSPS) is 15.3. The molecule has 0 aliphatic heterocycles. The van der Waals surface area contributed by atoms with Crippen LogP contribution in [0.4, 0.5) is 4.79 Å². The number of carboxylic acid groups (broad SMARTS) is 1. The Morgan fingerprint density at radius 2 is 1.56 bits per heavy atom. The van der Waals surface area contributed by atoms with E-state index in [4.69, 9.17) is 4.74 Å². The Kier molecular flexibility index (Phi) is 6.84. The average Bonchev–Trinajstić information content (AvgIpc) is 3.09. The molecule has 2 aromatic rings. The first-order valence-electron chi connectivity index (χ1n) is 10.5. The number of hydrogen-bond donors (Lipinski definition) is 4. The molecular formula is C24H28N2O6. The topological polar surface area (TPSA) is 125 Å². The van der Waals surface area contributed by atoms with Crippen LogP contribution in [0.15, 0.2) is 48.5 Å². The number of hydrogen-bond acceptors (Lipinski definition) is 5. The highest BCUT2D eigenvalue weighted by Gasteiger charge is 2.37. The van der Waals surface area contributed by atoms with E-state index in [1.807, 2.05) is 48.5 Å². The molecule has 0 spiro atoms. The summed E-state index contributed by atoms with van der Waals surface area (Å²) in [6.45, 7) is 3.92. The molecule has 4 N–H and O–H groups in total. The number of aliphatic carboxylic acids is 1. The van der Waals surface area contributed by atoms with Crippen LogP contribution in [0.2, 0.25) is 0 Å². The van der Waals surface area contributed by atoms with Gasteiger partial charge in [0.2, 0.25) is 5.91 Å². The Balaban J connectivity index is 1.68. The van der Waals surface area contributed by atoms with Crippen LogP contribution in [0.25, 0.3) is 11.1 Å². The number of aliphatic hydroxyl groups is 1. The largest absolute Gasteiger partial charge is 0.479 e. The zero-order valence-corrected chi connectivity index (χ0v) is 18.3. The van der Waals surface area contributed by atoms with Gasteiger partial charge in [-0.2, -0.15) is 0 Å². The fourth-order valence-corrected chi connectivity index (χ4v) is 3.81. The summed E-state index contributed by atoms with van der Waals surface area (Å²) >= 11 is 0. The van der Waals surface area contributed by atoms with E-state index in [0.29, 0.717) is 0 Å². The van der Waals surface area contributed by atoms with Gasteiger partial charge in [-0.1, -0.05) is 62.4 Å². The monoisotopic (exact) mass is 440 g/mol. The zero-order valence-electron chi connectivity index (χ0n) is 18.3. The van der Waals surface area contributed by atoms with E-state index in [9.17, 15) is 24.6 Å². The quantitative estimate of drug-likeness (QED) is 0.500. The first-order chi connectivity index (χ1) is 15.2. The number of carbonyl (C=O) groups excluding carboxylic acids is 2. The van der Waals surface area contributed by atoms with Gasteiger partial charge in [-0.15, -0.1) is 0 Å². The molecule has 3 rings (SSSR count). The molecule has 2 aromatic carbocycles. The highest BCUT2D eigenvalue weighted by Crippen LogP contribution is 2.44. The van der Waals surface area contributed by atoms with Gasteiger partial charge in [0.05, 0.1) is 6.61 Å². The summed E-state index contributed by atoms with van der Waals surface area (Å²) in [4.78, 5) is 36.5.